The van der Waals surface area contributed by atoms with Gasteiger partial charge in [-0.1, -0.05) is 94.5 Å². The van der Waals surface area contributed by atoms with Crippen molar-refractivity contribution < 1.29 is 0 Å². The second kappa shape index (κ2) is 16.9. The Morgan fingerprint density at radius 1 is 0.833 bits per heavy atom. The molecule has 0 rings (SSSR count). The molecule has 0 saturated carbocycles. The number of allylic oxidation sites excluding steroid dienone is 2. The summed E-state index contributed by atoms with van der Waals surface area (Å²) in [5.41, 5.74) is 2.05. The third kappa shape index (κ3) is 16.1. The van der Waals surface area contributed by atoms with Gasteiger partial charge in [0.15, 0.2) is 0 Å². The van der Waals surface area contributed by atoms with Gasteiger partial charge in [0.25, 0.3) is 0 Å². The molecule has 0 aromatic heterocycles. The van der Waals surface area contributed by atoms with E-state index in [2.05, 4.69) is 94.1 Å². The van der Waals surface area contributed by atoms with Crippen molar-refractivity contribution in [2.75, 3.05) is 40.3 Å². The first-order valence-electron chi connectivity index (χ1n) is 12.8. The van der Waals surface area contributed by atoms with E-state index in [9.17, 15) is 0 Å². The summed E-state index contributed by atoms with van der Waals surface area (Å²) >= 11 is 2.63. The summed E-state index contributed by atoms with van der Waals surface area (Å²) < 4.78 is 0.409. The van der Waals surface area contributed by atoms with Crippen LogP contribution in [0.3, 0.4) is 0 Å². The van der Waals surface area contributed by atoms with Crippen LogP contribution in [-0.2, 0) is 0 Å². The molecule has 0 bridgehead atoms. The summed E-state index contributed by atoms with van der Waals surface area (Å²) in [6, 6.07) is 0. The molecule has 0 N–H and O–H groups in total. The number of alkyl halides is 1. The Morgan fingerprint density at radius 3 is 2.03 bits per heavy atom. The summed E-state index contributed by atoms with van der Waals surface area (Å²) in [4.78, 5) is 5.07. The average molecular weight is 535 g/mol. The fourth-order valence-corrected chi connectivity index (χ4v) is 4.32. The zero-order valence-corrected chi connectivity index (χ0v) is 24.1. The van der Waals surface area contributed by atoms with Crippen LogP contribution in [0.5, 0.6) is 0 Å². The van der Waals surface area contributed by atoms with Gasteiger partial charge < -0.3 is 9.80 Å². The van der Waals surface area contributed by atoms with Crippen molar-refractivity contribution in [2.45, 2.75) is 116 Å². The Hall–Kier alpha value is 0.390. The highest BCUT2D eigenvalue weighted by Gasteiger charge is 2.23. The van der Waals surface area contributed by atoms with Crippen LogP contribution in [0.15, 0.2) is 11.6 Å². The number of unbranched alkanes of at least 4 members (excludes halogenated alkanes) is 3. The molecule has 0 amide bonds. The van der Waals surface area contributed by atoms with E-state index in [1.54, 1.807) is 5.57 Å². The highest BCUT2D eigenvalue weighted by Crippen LogP contribution is 2.36. The highest BCUT2D eigenvalue weighted by molar-refractivity contribution is 14.1. The van der Waals surface area contributed by atoms with Crippen LogP contribution in [0.25, 0.3) is 0 Å². The summed E-state index contributed by atoms with van der Waals surface area (Å²) in [6.45, 7) is 19.3. The summed E-state index contributed by atoms with van der Waals surface area (Å²) in [5, 5.41) is 0. The SMILES string of the molecule is CCCCCCN(CCCN(C)C)CCCC(C)(CC)C/C(C)=C/CC(C)(I)CC. The molecule has 0 radical (unpaired) electrons. The summed E-state index contributed by atoms with van der Waals surface area (Å²) in [6.07, 6.45) is 17.0. The fourth-order valence-electron chi connectivity index (χ4n) is 4.10. The molecule has 0 aliphatic heterocycles. The number of rotatable bonds is 19. The minimum atomic E-state index is 0.409. The van der Waals surface area contributed by atoms with Crippen LogP contribution < -0.4 is 0 Å². The first-order valence-corrected chi connectivity index (χ1v) is 13.9. The van der Waals surface area contributed by atoms with Crippen molar-refractivity contribution in [1.82, 2.24) is 9.80 Å². The second-order valence-corrected chi connectivity index (χ2v) is 13.1. The zero-order chi connectivity index (χ0) is 23.0. The van der Waals surface area contributed by atoms with E-state index in [4.69, 9.17) is 0 Å². The first-order chi connectivity index (χ1) is 14.1. The fraction of sp³-hybridized carbons (Fsp3) is 0.926. The van der Waals surface area contributed by atoms with Crippen LogP contribution in [0.1, 0.15) is 112 Å². The molecule has 0 aliphatic rings. The second-order valence-electron chi connectivity index (χ2n) is 10.5. The molecule has 0 aromatic rings. The monoisotopic (exact) mass is 534 g/mol. The van der Waals surface area contributed by atoms with Gasteiger partial charge >= 0.3 is 0 Å². The van der Waals surface area contributed by atoms with E-state index in [0.717, 1.165) is 0 Å². The van der Waals surface area contributed by atoms with Crippen LogP contribution in [0, 0.1) is 5.41 Å². The molecule has 180 valence electrons. The van der Waals surface area contributed by atoms with Gasteiger partial charge in [-0.3, -0.25) is 0 Å². The molecule has 2 nitrogen and oxygen atoms in total. The highest BCUT2D eigenvalue weighted by atomic mass is 127. The van der Waals surface area contributed by atoms with Crippen molar-refractivity contribution >= 4 is 22.6 Å². The van der Waals surface area contributed by atoms with Gasteiger partial charge in [0, 0.05) is 3.42 Å². The third-order valence-electron chi connectivity index (χ3n) is 6.83. The third-order valence-corrected chi connectivity index (χ3v) is 8.04. The van der Waals surface area contributed by atoms with Crippen molar-refractivity contribution in [1.29, 1.82) is 0 Å². The Bertz CT molecular complexity index is 444. The number of halogens is 1. The molecule has 0 spiro atoms. The van der Waals surface area contributed by atoms with Crippen LogP contribution >= 0.6 is 22.6 Å². The van der Waals surface area contributed by atoms with Crippen molar-refractivity contribution in [3.8, 4) is 0 Å². The molecule has 2 unspecified atom stereocenters. The predicted molar refractivity (Wildman–Crippen MR) is 147 cm³/mol. The van der Waals surface area contributed by atoms with Crippen molar-refractivity contribution in [2.24, 2.45) is 5.41 Å². The lowest BCUT2D eigenvalue weighted by atomic mass is 9.77. The van der Waals surface area contributed by atoms with Gasteiger partial charge in [-0.15, -0.1) is 0 Å². The smallest absolute Gasteiger partial charge is 0.0226 e. The van der Waals surface area contributed by atoms with E-state index < -0.39 is 0 Å². The maximum atomic E-state index is 2.75. The Kier molecular flexibility index (Phi) is 17.2. The summed E-state index contributed by atoms with van der Waals surface area (Å²) in [5.74, 6) is 0. The molecule has 0 aliphatic carbocycles. The topological polar surface area (TPSA) is 6.48 Å². The standard InChI is InChI=1S/C27H55IN2/c1-9-12-13-14-21-30(23-16-20-29(7)8)22-15-18-26(5,10-2)24-25(4)17-19-27(6,28)11-3/h17H,9-16,18-24H2,1-8H3/b25-17+. The van der Waals surface area contributed by atoms with E-state index in [1.807, 2.05) is 0 Å². The first kappa shape index (κ1) is 30.4. The molecule has 0 heterocycles. The molecule has 0 aromatic carbocycles. The van der Waals surface area contributed by atoms with Gasteiger partial charge in [0.1, 0.15) is 0 Å². The van der Waals surface area contributed by atoms with E-state index in [1.165, 1.54) is 96.8 Å². The van der Waals surface area contributed by atoms with E-state index >= 15 is 0 Å². The minimum Gasteiger partial charge on any atom is -0.309 e. The Morgan fingerprint density at radius 2 is 1.47 bits per heavy atom. The number of nitrogens with zero attached hydrogens (tertiary/aromatic N) is 2. The molecule has 0 saturated heterocycles. The quantitative estimate of drug-likeness (QED) is 0.0711. The van der Waals surface area contributed by atoms with Gasteiger partial charge in [0.2, 0.25) is 0 Å². The van der Waals surface area contributed by atoms with Gasteiger partial charge in [-0.2, -0.15) is 0 Å². The molecular weight excluding hydrogens is 479 g/mol. The maximum Gasteiger partial charge on any atom is 0.0226 e. The molecule has 0 fully saturated rings. The predicted octanol–water partition coefficient (Wildman–Crippen LogP) is 8.35. The zero-order valence-electron chi connectivity index (χ0n) is 22.0. The van der Waals surface area contributed by atoms with Crippen LogP contribution in [0.4, 0.5) is 0 Å². The van der Waals surface area contributed by atoms with Crippen molar-refractivity contribution in [3.05, 3.63) is 11.6 Å². The van der Waals surface area contributed by atoms with Crippen LogP contribution in [-0.4, -0.2) is 53.5 Å². The number of hydrogen-bond donors (Lipinski definition) is 0. The summed E-state index contributed by atoms with van der Waals surface area (Å²) in [7, 11) is 4.38. The van der Waals surface area contributed by atoms with E-state index in [-0.39, 0.29) is 0 Å². The Labute approximate surface area is 204 Å². The average Bonchev–Trinajstić information content (AvgIpc) is 2.69. The lowest BCUT2D eigenvalue weighted by Crippen LogP contribution is -2.30. The Balaban J connectivity index is 4.61. The molecule has 2 atom stereocenters. The molecular formula is C27H55IN2. The van der Waals surface area contributed by atoms with Crippen LogP contribution in [0.2, 0.25) is 0 Å². The number of hydrogen-bond acceptors (Lipinski definition) is 2. The lowest BCUT2D eigenvalue weighted by Gasteiger charge is -2.31. The van der Waals surface area contributed by atoms with E-state index in [0.29, 0.717) is 8.84 Å². The van der Waals surface area contributed by atoms with Gasteiger partial charge in [-0.25, -0.2) is 0 Å². The molecule has 3 heteroatoms. The maximum absolute atomic E-state index is 2.75. The largest absolute Gasteiger partial charge is 0.309 e. The normalized spacial score (nSPS) is 16.8. The van der Waals surface area contributed by atoms with Gasteiger partial charge in [0.05, 0.1) is 0 Å². The lowest BCUT2D eigenvalue weighted by molar-refractivity contribution is 0.213. The van der Waals surface area contributed by atoms with Gasteiger partial charge in [-0.05, 0) is 97.6 Å². The molecule has 30 heavy (non-hydrogen) atoms. The van der Waals surface area contributed by atoms with Crippen molar-refractivity contribution in [3.63, 3.8) is 0 Å². The minimum absolute atomic E-state index is 0.409.